The van der Waals surface area contributed by atoms with Gasteiger partial charge in [-0.15, -0.1) is 0 Å². The molecule has 1 aliphatic heterocycles. The van der Waals surface area contributed by atoms with Gasteiger partial charge in [0.1, 0.15) is 29.4 Å². The number of nitrogens with two attached hydrogens (primary N) is 1. The third kappa shape index (κ3) is 5.02. The molecule has 3 N–H and O–H groups in total. The van der Waals surface area contributed by atoms with Crippen LogP contribution in [0.1, 0.15) is 47.9 Å². The Kier molecular flexibility index (Phi) is 7.21. The molecule has 38 heavy (non-hydrogen) atoms. The van der Waals surface area contributed by atoms with E-state index >= 15 is 0 Å². The largest absolute Gasteiger partial charge is 0.383 e. The van der Waals surface area contributed by atoms with E-state index in [1.807, 2.05) is 6.20 Å². The lowest BCUT2D eigenvalue weighted by Crippen LogP contribution is -2.29. The van der Waals surface area contributed by atoms with Crippen molar-refractivity contribution in [2.45, 2.75) is 31.2 Å². The van der Waals surface area contributed by atoms with Crippen LogP contribution in [0.15, 0.2) is 53.8 Å². The Morgan fingerprint density at radius 2 is 1.97 bits per heavy atom. The number of aryl methyl sites for hydroxylation is 1. The van der Waals surface area contributed by atoms with Gasteiger partial charge in [0.2, 0.25) is 0 Å². The number of halogens is 2. The monoisotopic (exact) mass is 512 g/mol. The lowest BCUT2D eigenvalue weighted by molar-refractivity contribution is 0.374. The van der Waals surface area contributed by atoms with Gasteiger partial charge in [0.05, 0.1) is 10.9 Å². The van der Waals surface area contributed by atoms with E-state index in [1.54, 1.807) is 25.4 Å². The summed E-state index contributed by atoms with van der Waals surface area (Å²) in [6.45, 7) is 1.85. The van der Waals surface area contributed by atoms with Crippen LogP contribution < -0.4 is 16.6 Å². The van der Waals surface area contributed by atoms with Gasteiger partial charge in [-0.3, -0.25) is 4.79 Å². The van der Waals surface area contributed by atoms with Crippen molar-refractivity contribution in [1.29, 1.82) is 0 Å². The van der Waals surface area contributed by atoms with Crippen LogP contribution in [0.2, 0.25) is 0 Å². The van der Waals surface area contributed by atoms with E-state index in [1.165, 1.54) is 10.9 Å². The standard InChI is InChI=1S/C29H26F2N6O/c1-36-15-5-8-23(29(36)38)22(24-16-20(30)9-10-25(24)31)7-4-2-3-6-19-17-37(21-11-13-33-14-12-21)28-26(19)27(32)34-18-35-28/h5,8-10,15-18,21-22,33H,7,11-14H2,1H3,(H2,32,34,35). The number of piperidine rings is 1. The van der Waals surface area contributed by atoms with Crippen LogP contribution in [-0.2, 0) is 7.05 Å². The summed E-state index contributed by atoms with van der Waals surface area (Å²) in [5, 5.41) is 4.05. The molecule has 7 nitrogen and oxygen atoms in total. The molecule has 1 aromatic carbocycles. The van der Waals surface area contributed by atoms with Gasteiger partial charge in [-0.25, -0.2) is 18.7 Å². The minimum absolute atomic E-state index is 0.0746. The van der Waals surface area contributed by atoms with Crippen LogP contribution in [0.4, 0.5) is 14.6 Å². The summed E-state index contributed by atoms with van der Waals surface area (Å²) in [7, 11) is 1.61. The fourth-order valence-electron chi connectivity index (χ4n) is 4.91. The third-order valence-electron chi connectivity index (χ3n) is 6.86. The molecule has 1 atom stereocenters. The van der Waals surface area contributed by atoms with E-state index in [0.29, 0.717) is 22.3 Å². The van der Waals surface area contributed by atoms with E-state index in [0.717, 1.165) is 49.8 Å². The molecule has 9 heteroatoms. The first-order valence-corrected chi connectivity index (χ1v) is 12.3. The van der Waals surface area contributed by atoms with Crippen molar-refractivity contribution in [2.24, 2.45) is 7.05 Å². The summed E-state index contributed by atoms with van der Waals surface area (Å²) in [5.74, 6) is 10.1. The molecule has 4 aromatic rings. The highest BCUT2D eigenvalue weighted by atomic mass is 19.1. The van der Waals surface area contributed by atoms with Crippen LogP contribution in [0.25, 0.3) is 11.0 Å². The maximum atomic E-state index is 14.7. The minimum Gasteiger partial charge on any atom is -0.383 e. The lowest BCUT2D eigenvalue weighted by Gasteiger charge is -2.24. The van der Waals surface area contributed by atoms with E-state index in [-0.39, 0.29) is 23.6 Å². The lowest BCUT2D eigenvalue weighted by atomic mass is 9.89. The number of pyridine rings is 1. The predicted octanol–water partition coefficient (Wildman–Crippen LogP) is 3.49. The average Bonchev–Trinajstić information content (AvgIpc) is 3.30. The summed E-state index contributed by atoms with van der Waals surface area (Å²) in [4.78, 5) is 21.4. The predicted molar refractivity (Wildman–Crippen MR) is 142 cm³/mol. The van der Waals surface area contributed by atoms with Crippen LogP contribution in [0.5, 0.6) is 0 Å². The Morgan fingerprint density at radius 3 is 2.79 bits per heavy atom. The quantitative estimate of drug-likeness (QED) is 0.409. The van der Waals surface area contributed by atoms with Crippen LogP contribution in [-0.4, -0.2) is 32.2 Å². The number of anilines is 1. The highest BCUT2D eigenvalue weighted by Crippen LogP contribution is 2.30. The second-order valence-corrected chi connectivity index (χ2v) is 9.24. The molecule has 0 amide bonds. The molecule has 1 fully saturated rings. The van der Waals surface area contributed by atoms with Gasteiger partial charge in [-0.05, 0) is 67.6 Å². The van der Waals surface area contributed by atoms with Gasteiger partial charge in [0.25, 0.3) is 5.56 Å². The van der Waals surface area contributed by atoms with Gasteiger partial charge in [-0.2, -0.15) is 0 Å². The Balaban J connectivity index is 1.48. The molecular weight excluding hydrogens is 486 g/mol. The second kappa shape index (κ2) is 10.9. The molecule has 0 spiro atoms. The number of rotatable bonds is 4. The zero-order valence-electron chi connectivity index (χ0n) is 20.8. The number of nitrogens with zero attached hydrogens (tertiary/aromatic N) is 4. The number of hydrogen-bond donors (Lipinski definition) is 2. The van der Waals surface area contributed by atoms with Crippen molar-refractivity contribution < 1.29 is 8.78 Å². The fraction of sp³-hybridized carbons (Fsp3) is 0.276. The van der Waals surface area contributed by atoms with Gasteiger partial charge in [-0.1, -0.05) is 17.9 Å². The number of nitrogens with one attached hydrogen (secondary N) is 1. The van der Waals surface area contributed by atoms with Crippen molar-refractivity contribution in [3.8, 4) is 23.7 Å². The summed E-state index contributed by atoms with van der Waals surface area (Å²) in [5.41, 5.74) is 7.70. The number of fused-ring (bicyclic) bond motifs is 1. The van der Waals surface area contributed by atoms with E-state index in [4.69, 9.17) is 5.73 Å². The van der Waals surface area contributed by atoms with Crippen molar-refractivity contribution in [2.75, 3.05) is 18.8 Å². The van der Waals surface area contributed by atoms with Gasteiger partial charge in [0, 0.05) is 43.4 Å². The van der Waals surface area contributed by atoms with Crippen LogP contribution in [0, 0.1) is 35.3 Å². The van der Waals surface area contributed by atoms with Gasteiger partial charge >= 0.3 is 0 Å². The molecule has 5 rings (SSSR count). The molecule has 4 heterocycles. The first-order valence-electron chi connectivity index (χ1n) is 12.3. The van der Waals surface area contributed by atoms with Crippen LogP contribution in [0.3, 0.4) is 0 Å². The Hall–Kier alpha value is -4.47. The van der Waals surface area contributed by atoms with E-state index < -0.39 is 17.6 Å². The summed E-state index contributed by atoms with van der Waals surface area (Å²) < 4.78 is 32.2. The van der Waals surface area contributed by atoms with Crippen molar-refractivity contribution >= 4 is 16.9 Å². The Bertz CT molecular complexity index is 1680. The molecule has 1 saturated heterocycles. The summed E-state index contributed by atoms with van der Waals surface area (Å²) in [6, 6.07) is 6.81. The number of aromatic nitrogens is 4. The van der Waals surface area contributed by atoms with Crippen molar-refractivity contribution in [3.63, 3.8) is 0 Å². The topological polar surface area (TPSA) is 90.8 Å². The molecule has 3 aromatic heterocycles. The molecule has 0 radical (unpaired) electrons. The Morgan fingerprint density at radius 1 is 1.16 bits per heavy atom. The van der Waals surface area contributed by atoms with E-state index in [9.17, 15) is 13.6 Å². The molecule has 0 saturated carbocycles. The molecule has 0 bridgehead atoms. The maximum absolute atomic E-state index is 14.7. The third-order valence-corrected chi connectivity index (χ3v) is 6.86. The van der Waals surface area contributed by atoms with Crippen molar-refractivity contribution in [3.05, 3.63) is 87.7 Å². The molecule has 0 aliphatic carbocycles. The maximum Gasteiger partial charge on any atom is 0.254 e. The minimum atomic E-state index is -0.759. The molecule has 192 valence electrons. The van der Waals surface area contributed by atoms with Crippen LogP contribution >= 0.6 is 0 Å². The van der Waals surface area contributed by atoms with Crippen molar-refractivity contribution in [1.82, 2.24) is 24.4 Å². The highest BCUT2D eigenvalue weighted by Gasteiger charge is 2.22. The first-order chi connectivity index (χ1) is 18.4. The summed E-state index contributed by atoms with van der Waals surface area (Å²) >= 11 is 0. The highest BCUT2D eigenvalue weighted by molar-refractivity contribution is 5.92. The second-order valence-electron chi connectivity index (χ2n) is 9.24. The number of hydrogen-bond acceptors (Lipinski definition) is 5. The molecule has 1 aliphatic rings. The van der Waals surface area contributed by atoms with Gasteiger partial charge < -0.3 is 20.2 Å². The zero-order valence-corrected chi connectivity index (χ0v) is 20.8. The smallest absolute Gasteiger partial charge is 0.254 e. The van der Waals surface area contributed by atoms with E-state index in [2.05, 4.69) is 43.5 Å². The SMILES string of the molecule is Cn1cccc(C(CC#CC#Cc2cn(C3CCNCC3)c3ncnc(N)c23)c2cc(F)ccc2F)c1=O. The summed E-state index contributed by atoms with van der Waals surface area (Å²) in [6.07, 6.45) is 7.02. The Labute approximate surface area is 218 Å². The van der Waals surface area contributed by atoms with Gasteiger partial charge in [0.15, 0.2) is 0 Å². The molecular formula is C29H26F2N6O. The zero-order chi connectivity index (χ0) is 26.6. The first kappa shape index (κ1) is 25.2. The molecule has 1 unspecified atom stereocenters. The average molecular weight is 513 g/mol. The number of benzene rings is 1. The normalized spacial score (nSPS) is 14.4. The fourth-order valence-corrected chi connectivity index (χ4v) is 4.91. The number of nitrogen functional groups attached to an aromatic ring is 1.